The minimum atomic E-state index is -0.0617. The summed E-state index contributed by atoms with van der Waals surface area (Å²) in [6.07, 6.45) is 0.809. The number of carbonyl (C=O) groups is 1. The van der Waals surface area contributed by atoms with Gasteiger partial charge in [0.25, 0.3) is 0 Å². The molecular formula is C24H28N4O3. The van der Waals surface area contributed by atoms with Gasteiger partial charge in [-0.05, 0) is 19.1 Å². The number of hydrogen-bond donors (Lipinski definition) is 2. The standard InChI is InChI=1S/C24H28N4O3/c1-16-17-8-4-7-11-21(17)31-22(16)14-25-24(26-15-23(29)28(2)3)27-19-12-13-30-20-10-6-5-9-18(19)20/h4-11,19H,12-15H2,1-3H3,(H2,25,26,27). The highest BCUT2D eigenvalue weighted by molar-refractivity contribution is 5.85. The van der Waals surface area contributed by atoms with Crippen molar-refractivity contribution in [3.63, 3.8) is 0 Å². The Morgan fingerprint density at radius 2 is 1.94 bits per heavy atom. The van der Waals surface area contributed by atoms with Gasteiger partial charge in [0.2, 0.25) is 5.91 Å². The Bertz CT molecular complexity index is 1100. The summed E-state index contributed by atoms with van der Waals surface area (Å²) in [5.41, 5.74) is 3.05. The lowest BCUT2D eigenvalue weighted by Crippen LogP contribution is -2.41. The molecule has 1 atom stereocenters. The lowest BCUT2D eigenvalue weighted by molar-refractivity contribution is -0.127. The van der Waals surface area contributed by atoms with Gasteiger partial charge < -0.3 is 24.7 Å². The van der Waals surface area contributed by atoms with E-state index < -0.39 is 0 Å². The van der Waals surface area contributed by atoms with Crippen LogP contribution in [0, 0.1) is 6.92 Å². The summed E-state index contributed by atoms with van der Waals surface area (Å²) in [7, 11) is 3.45. The zero-order valence-electron chi connectivity index (χ0n) is 18.1. The number of guanidine groups is 1. The predicted octanol–water partition coefficient (Wildman–Crippen LogP) is 3.39. The van der Waals surface area contributed by atoms with E-state index in [4.69, 9.17) is 9.15 Å². The van der Waals surface area contributed by atoms with Crippen LogP contribution in [-0.4, -0.2) is 44.0 Å². The monoisotopic (exact) mass is 420 g/mol. The van der Waals surface area contributed by atoms with Crippen molar-refractivity contribution in [3.05, 3.63) is 65.4 Å². The Morgan fingerprint density at radius 3 is 2.74 bits per heavy atom. The molecule has 2 N–H and O–H groups in total. The van der Waals surface area contributed by atoms with E-state index in [2.05, 4.69) is 34.7 Å². The van der Waals surface area contributed by atoms with Crippen molar-refractivity contribution in [2.24, 2.45) is 4.99 Å². The largest absolute Gasteiger partial charge is 0.493 e. The first-order chi connectivity index (χ1) is 15.0. The molecule has 2 aromatic carbocycles. The van der Waals surface area contributed by atoms with Crippen LogP contribution in [0.4, 0.5) is 0 Å². The Kier molecular flexibility index (Phi) is 6.11. The highest BCUT2D eigenvalue weighted by Gasteiger charge is 2.22. The first-order valence-electron chi connectivity index (χ1n) is 10.5. The first kappa shape index (κ1) is 20.8. The van der Waals surface area contributed by atoms with E-state index in [9.17, 15) is 4.79 Å². The topological polar surface area (TPSA) is 79.1 Å². The van der Waals surface area contributed by atoms with E-state index in [1.807, 2.05) is 36.4 Å². The lowest BCUT2D eigenvalue weighted by Gasteiger charge is -2.28. The number of nitrogens with one attached hydrogen (secondary N) is 2. The summed E-state index contributed by atoms with van der Waals surface area (Å²) in [6.45, 7) is 3.21. The normalized spacial score (nSPS) is 15.8. The average molecular weight is 421 g/mol. The predicted molar refractivity (Wildman–Crippen MR) is 121 cm³/mol. The van der Waals surface area contributed by atoms with Gasteiger partial charge in [0.15, 0.2) is 5.96 Å². The number of likely N-dealkylation sites (N-methyl/N-ethyl adjacent to an activating group) is 1. The zero-order chi connectivity index (χ0) is 21.8. The van der Waals surface area contributed by atoms with Crippen LogP contribution in [0.2, 0.25) is 0 Å². The molecule has 1 amide bonds. The molecule has 1 aliphatic heterocycles. The Hall–Kier alpha value is -3.48. The van der Waals surface area contributed by atoms with E-state index in [0.29, 0.717) is 19.1 Å². The molecule has 2 heterocycles. The third-order valence-corrected chi connectivity index (χ3v) is 5.50. The van der Waals surface area contributed by atoms with Crippen molar-refractivity contribution >= 4 is 22.8 Å². The highest BCUT2D eigenvalue weighted by atomic mass is 16.5. The number of carbonyl (C=O) groups excluding carboxylic acids is 1. The summed E-state index contributed by atoms with van der Waals surface area (Å²) in [4.78, 5) is 18.2. The lowest BCUT2D eigenvalue weighted by atomic mass is 10.0. The van der Waals surface area contributed by atoms with Crippen molar-refractivity contribution in [1.29, 1.82) is 0 Å². The molecule has 0 radical (unpaired) electrons. The van der Waals surface area contributed by atoms with Gasteiger partial charge in [-0.2, -0.15) is 0 Å². The number of nitrogens with zero attached hydrogens (tertiary/aromatic N) is 2. The minimum Gasteiger partial charge on any atom is -0.493 e. The summed E-state index contributed by atoms with van der Waals surface area (Å²) < 4.78 is 11.8. The number of ether oxygens (including phenoxy) is 1. The van der Waals surface area contributed by atoms with Crippen molar-refractivity contribution in [3.8, 4) is 5.75 Å². The van der Waals surface area contributed by atoms with E-state index in [0.717, 1.165) is 40.0 Å². The molecule has 162 valence electrons. The molecule has 7 heteroatoms. The van der Waals surface area contributed by atoms with Gasteiger partial charge in [-0.15, -0.1) is 0 Å². The molecule has 31 heavy (non-hydrogen) atoms. The number of aliphatic imine (C=N–C) groups is 1. The van der Waals surface area contributed by atoms with Crippen LogP contribution in [0.25, 0.3) is 11.0 Å². The number of amides is 1. The third kappa shape index (κ3) is 4.66. The summed E-state index contributed by atoms with van der Waals surface area (Å²) >= 11 is 0. The average Bonchev–Trinajstić information content (AvgIpc) is 3.11. The second kappa shape index (κ2) is 9.12. The Labute approximate surface area is 182 Å². The minimum absolute atomic E-state index is 0.0439. The molecule has 0 saturated heterocycles. The van der Waals surface area contributed by atoms with Crippen LogP contribution >= 0.6 is 0 Å². The molecular weight excluding hydrogens is 392 g/mol. The van der Waals surface area contributed by atoms with Gasteiger partial charge in [-0.1, -0.05) is 36.4 Å². The quantitative estimate of drug-likeness (QED) is 0.489. The molecule has 1 aliphatic rings. The number of furan rings is 1. The number of rotatable bonds is 5. The SMILES string of the molecule is Cc1c(CNC(=NCC(=O)N(C)C)NC2CCOc3ccccc32)oc2ccccc12. The Balaban J connectivity index is 1.54. The maximum absolute atomic E-state index is 12.1. The summed E-state index contributed by atoms with van der Waals surface area (Å²) in [5.74, 6) is 2.23. The van der Waals surface area contributed by atoms with Gasteiger partial charge in [-0.25, -0.2) is 4.99 Å². The fourth-order valence-electron chi connectivity index (χ4n) is 3.66. The molecule has 0 saturated carbocycles. The van der Waals surface area contributed by atoms with Crippen LogP contribution in [0.5, 0.6) is 5.75 Å². The smallest absolute Gasteiger partial charge is 0.243 e. The zero-order valence-corrected chi connectivity index (χ0v) is 18.1. The van der Waals surface area contributed by atoms with Crippen molar-refractivity contribution in [2.75, 3.05) is 27.2 Å². The molecule has 7 nitrogen and oxygen atoms in total. The molecule has 1 aromatic heterocycles. The summed E-state index contributed by atoms with van der Waals surface area (Å²) in [6, 6.07) is 16.0. The first-order valence-corrected chi connectivity index (χ1v) is 10.5. The van der Waals surface area contributed by atoms with Crippen LogP contribution in [-0.2, 0) is 11.3 Å². The van der Waals surface area contributed by atoms with Gasteiger partial charge in [0.05, 0.1) is 19.2 Å². The molecule has 4 rings (SSSR count). The number of para-hydroxylation sites is 2. The number of fused-ring (bicyclic) bond motifs is 2. The maximum atomic E-state index is 12.1. The van der Waals surface area contributed by atoms with Crippen molar-refractivity contribution in [2.45, 2.75) is 25.9 Å². The van der Waals surface area contributed by atoms with Gasteiger partial charge in [0, 0.05) is 37.0 Å². The maximum Gasteiger partial charge on any atom is 0.243 e. The third-order valence-electron chi connectivity index (χ3n) is 5.50. The fourth-order valence-corrected chi connectivity index (χ4v) is 3.66. The van der Waals surface area contributed by atoms with Crippen molar-refractivity contribution in [1.82, 2.24) is 15.5 Å². The van der Waals surface area contributed by atoms with Gasteiger partial charge in [-0.3, -0.25) is 4.79 Å². The highest BCUT2D eigenvalue weighted by Crippen LogP contribution is 2.31. The molecule has 0 spiro atoms. The van der Waals surface area contributed by atoms with E-state index in [1.165, 1.54) is 4.90 Å². The van der Waals surface area contributed by atoms with E-state index >= 15 is 0 Å². The second-order valence-corrected chi connectivity index (χ2v) is 7.82. The van der Waals surface area contributed by atoms with Crippen molar-refractivity contribution < 1.29 is 13.9 Å². The molecule has 3 aromatic rings. The van der Waals surface area contributed by atoms with Gasteiger partial charge in [0.1, 0.15) is 23.6 Å². The number of hydrogen-bond acceptors (Lipinski definition) is 4. The van der Waals surface area contributed by atoms with Crippen LogP contribution < -0.4 is 15.4 Å². The second-order valence-electron chi connectivity index (χ2n) is 7.82. The molecule has 0 fully saturated rings. The van der Waals surface area contributed by atoms with Crippen LogP contribution in [0.3, 0.4) is 0 Å². The van der Waals surface area contributed by atoms with E-state index in [1.54, 1.807) is 14.1 Å². The van der Waals surface area contributed by atoms with Gasteiger partial charge >= 0.3 is 0 Å². The summed E-state index contributed by atoms with van der Waals surface area (Å²) in [5, 5.41) is 7.92. The van der Waals surface area contributed by atoms with Crippen LogP contribution in [0.1, 0.15) is 29.3 Å². The number of aryl methyl sites for hydroxylation is 1. The molecule has 0 bridgehead atoms. The van der Waals surface area contributed by atoms with Crippen LogP contribution in [0.15, 0.2) is 57.9 Å². The molecule has 0 aliphatic carbocycles. The molecule has 1 unspecified atom stereocenters. The number of benzene rings is 2. The fraction of sp³-hybridized carbons (Fsp3) is 0.333. The van der Waals surface area contributed by atoms with E-state index in [-0.39, 0.29) is 18.5 Å². The Morgan fingerprint density at radius 1 is 1.16 bits per heavy atom.